The lowest BCUT2D eigenvalue weighted by atomic mass is 10.1. The molecule has 0 amide bonds. The molecule has 0 saturated heterocycles. The third kappa shape index (κ3) is 2.59. The van der Waals surface area contributed by atoms with Crippen LogP contribution in [-0.4, -0.2) is 9.38 Å². The first-order chi connectivity index (χ1) is 11.3. The van der Waals surface area contributed by atoms with E-state index in [2.05, 4.69) is 21.7 Å². The molecule has 0 unspecified atom stereocenters. The van der Waals surface area contributed by atoms with Crippen molar-refractivity contribution in [3.05, 3.63) is 77.0 Å². The average molecular weight is 323 g/mol. The predicted octanol–water partition coefficient (Wildman–Crippen LogP) is 4.81. The summed E-state index contributed by atoms with van der Waals surface area (Å²) in [4.78, 5) is 5.66. The Labute approximate surface area is 137 Å². The van der Waals surface area contributed by atoms with Gasteiger partial charge < -0.3 is 9.72 Å². The summed E-state index contributed by atoms with van der Waals surface area (Å²) in [6.45, 7) is 0.727. The minimum Gasteiger partial charge on any atom is -0.363 e. The van der Waals surface area contributed by atoms with Crippen molar-refractivity contribution in [1.29, 1.82) is 0 Å². The normalized spacial score (nSPS) is 11.0. The maximum Gasteiger partial charge on any atom is 0.150 e. The van der Waals surface area contributed by atoms with Gasteiger partial charge in [0.2, 0.25) is 0 Å². The van der Waals surface area contributed by atoms with Crippen molar-refractivity contribution < 1.29 is 4.39 Å². The van der Waals surface area contributed by atoms with Crippen molar-refractivity contribution >= 4 is 22.7 Å². The molecule has 4 aromatic rings. The summed E-state index contributed by atoms with van der Waals surface area (Å²) in [5.41, 5.74) is 2.34. The van der Waals surface area contributed by atoms with E-state index in [4.69, 9.17) is 0 Å². The molecule has 0 atom stereocenters. The number of aromatic nitrogens is 2. The van der Waals surface area contributed by atoms with Gasteiger partial charge >= 0.3 is 0 Å². The Kier molecular flexibility index (Phi) is 3.55. The number of nitrogens with zero attached hydrogens (tertiary/aromatic N) is 2. The van der Waals surface area contributed by atoms with E-state index in [1.165, 1.54) is 10.9 Å². The highest BCUT2D eigenvalue weighted by atomic mass is 32.1. The molecule has 1 N–H and O–H groups in total. The third-order valence-electron chi connectivity index (χ3n) is 3.74. The topological polar surface area (TPSA) is 29.3 Å². The summed E-state index contributed by atoms with van der Waals surface area (Å²) in [5, 5.41) is 5.41. The van der Waals surface area contributed by atoms with Gasteiger partial charge in [-0.2, -0.15) is 0 Å². The molecule has 114 valence electrons. The van der Waals surface area contributed by atoms with Gasteiger partial charge in [-0.3, -0.25) is 0 Å². The molecule has 3 aromatic heterocycles. The first kappa shape index (κ1) is 14.0. The minimum atomic E-state index is -0.225. The Morgan fingerprint density at radius 1 is 1.09 bits per heavy atom. The van der Waals surface area contributed by atoms with Crippen LogP contribution in [-0.2, 0) is 6.54 Å². The zero-order valence-electron chi connectivity index (χ0n) is 12.2. The molecule has 0 saturated carbocycles. The van der Waals surface area contributed by atoms with Crippen LogP contribution in [0.15, 0.2) is 66.3 Å². The fraction of sp³-hybridized carbons (Fsp3) is 0.0556. The van der Waals surface area contributed by atoms with E-state index in [1.807, 2.05) is 34.9 Å². The zero-order chi connectivity index (χ0) is 15.6. The number of nitrogens with one attached hydrogen (secondary N) is 1. The lowest BCUT2D eigenvalue weighted by molar-refractivity contribution is 0.630. The lowest BCUT2D eigenvalue weighted by Crippen LogP contribution is -2.02. The molecule has 3 heterocycles. The smallest absolute Gasteiger partial charge is 0.150 e. The molecule has 3 nitrogen and oxygen atoms in total. The second-order valence-electron chi connectivity index (χ2n) is 5.16. The van der Waals surface area contributed by atoms with Gasteiger partial charge in [-0.1, -0.05) is 18.2 Å². The Balaban J connectivity index is 1.73. The first-order valence-corrected chi connectivity index (χ1v) is 8.18. The van der Waals surface area contributed by atoms with E-state index in [9.17, 15) is 4.39 Å². The van der Waals surface area contributed by atoms with Crippen LogP contribution in [0.1, 0.15) is 4.88 Å². The summed E-state index contributed by atoms with van der Waals surface area (Å²) >= 11 is 1.70. The highest BCUT2D eigenvalue weighted by molar-refractivity contribution is 7.09. The van der Waals surface area contributed by atoms with E-state index in [0.717, 1.165) is 23.6 Å². The van der Waals surface area contributed by atoms with Gasteiger partial charge in [-0.05, 0) is 35.7 Å². The number of hydrogen-bond donors (Lipinski definition) is 1. The number of hydrogen-bond acceptors (Lipinski definition) is 3. The van der Waals surface area contributed by atoms with Gasteiger partial charge in [0.25, 0.3) is 0 Å². The molecule has 0 spiro atoms. The van der Waals surface area contributed by atoms with Gasteiger partial charge in [-0.25, -0.2) is 9.37 Å². The first-order valence-electron chi connectivity index (χ1n) is 7.30. The van der Waals surface area contributed by atoms with Gasteiger partial charge in [-0.15, -0.1) is 11.3 Å². The molecule has 0 aliphatic carbocycles. The monoisotopic (exact) mass is 323 g/mol. The van der Waals surface area contributed by atoms with Crippen molar-refractivity contribution in [3.8, 4) is 11.3 Å². The van der Waals surface area contributed by atoms with Crippen LogP contribution in [0.5, 0.6) is 0 Å². The molecule has 4 rings (SSSR count). The molecule has 0 bridgehead atoms. The Hall–Kier alpha value is -2.66. The summed E-state index contributed by atoms with van der Waals surface area (Å²) in [6, 6.07) is 14.8. The highest BCUT2D eigenvalue weighted by Crippen LogP contribution is 2.27. The van der Waals surface area contributed by atoms with Crippen LogP contribution in [0.4, 0.5) is 10.2 Å². The Morgan fingerprint density at radius 2 is 2.00 bits per heavy atom. The lowest BCUT2D eigenvalue weighted by Gasteiger charge is -2.08. The summed E-state index contributed by atoms with van der Waals surface area (Å²) in [7, 11) is 0. The Morgan fingerprint density at radius 3 is 2.83 bits per heavy atom. The molecular weight excluding hydrogens is 309 g/mol. The van der Waals surface area contributed by atoms with E-state index >= 15 is 0 Å². The number of benzene rings is 1. The van der Waals surface area contributed by atoms with Crippen molar-refractivity contribution in [2.45, 2.75) is 6.54 Å². The van der Waals surface area contributed by atoms with E-state index in [-0.39, 0.29) is 5.82 Å². The largest absolute Gasteiger partial charge is 0.363 e. The van der Waals surface area contributed by atoms with E-state index in [1.54, 1.807) is 29.7 Å². The molecule has 0 aliphatic heterocycles. The second-order valence-corrected chi connectivity index (χ2v) is 6.19. The van der Waals surface area contributed by atoms with Gasteiger partial charge in [0.15, 0.2) is 5.82 Å². The molecule has 0 aliphatic rings. The molecule has 5 heteroatoms. The van der Waals surface area contributed by atoms with Crippen molar-refractivity contribution in [1.82, 2.24) is 9.38 Å². The predicted molar refractivity (Wildman–Crippen MR) is 92.2 cm³/mol. The van der Waals surface area contributed by atoms with Crippen molar-refractivity contribution in [2.24, 2.45) is 0 Å². The standard InChI is InChI=1S/C18H14FN3S/c19-15-6-2-1-5-14(15)16-7-8-17-18(20-9-10-22(16)17)21-12-13-4-3-11-23-13/h1-11H,12H2,(H,20,21). The minimum absolute atomic E-state index is 0.225. The summed E-state index contributed by atoms with van der Waals surface area (Å²) in [5.74, 6) is 0.570. The molecule has 0 radical (unpaired) electrons. The van der Waals surface area contributed by atoms with Crippen LogP contribution in [0.3, 0.4) is 0 Å². The van der Waals surface area contributed by atoms with Crippen molar-refractivity contribution in [2.75, 3.05) is 5.32 Å². The molecule has 23 heavy (non-hydrogen) atoms. The van der Waals surface area contributed by atoms with Crippen molar-refractivity contribution in [3.63, 3.8) is 0 Å². The molecule has 0 fully saturated rings. The van der Waals surface area contributed by atoms with Crippen LogP contribution in [0.25, 0.3) is 16.8 Å². The third-order valence-corrected chi connectivity index (χ3v) is 4.62. The van der Waals surface area contributed by atoms with E-state index in [0.29, 0.717) is 5.56 Å². The maximum absolute atomic E-state index is 14.1. The van der Waals surface area contributed by atoms with Crippen LogP contribution in [0, 0.1) is 5.82 Å². The Bertz CT molecular complexity index is 944. The highest BCUT2D eigenvalue weighted by Gasteiger charge is 2.11. The quantitative estimate of drug-likeness (QED) is 0.584. The number of thiophene rings is 1. The SMILES string of the molecule is Fc1ccccc1-c1ccc2c(NCc3cccs3)nccn12. The second kappa shape index (κ2) is 5.85. The number of halogens is 1. The fourth-order valence-electron chi connectivity index (χ4n) is 2.65. The number of anilines is 1. The number of fused-ring (bicyclic) bond motifs is 1. The van der Waals surface area contributed by atoms with Crippen LogP contribution < -0.4 is 5.32 Å². The van der Waals surface area contributed by atoms with Crippen LogP contribution >= 0.6 is 11.3 Å². The zero-order valence-corrected chi connectivity index (χ0v) is 13.1. The molecular formula is C18H14FN3S. The van der Waals surface area contributed by atoms with Gasteiger partial charge in [0.05, 0.1) is 17.8 Å². The average Bonchev–Trinajstić information content (AvgIpc) is 3.23. The maximum atomic E-state index is 14.1. The number of rotatable bonds is 4. The summed E-state index contributed by atoms with van der Waals surface area (Å²) < 4.78 is 16.0. The van der Waals surface area contributed by atoms with E-state index < -0.39 is 0 Å². The summed E-state index contributed by atoms with van der Waals surface area (Å²) in [6.07, 6.45) is 3.58. The molecule has 1 aromatic carbocycles. The van der Waals surface area contributed by atoms with Crippen LogP contribution in [0.2, 0.25) is 0 Å². The van der Waals surface area contributed by atoms with Gasteiger partial charge in [0, 0.05) is 22.8 Å². The fourth-order valence-corrected chi connectivity index (χ4v) is 3.30. The van der Waals surface area contributed by atoms with Gasteiger partial charge in [0.1, 0.15) is 5.82 Å².